The third kappa shape index (κ3) is 5.32. The summed E-state index contributed by atoms with van der Waals surface area (Å²) in [5.41, 5.74) is 0.0766. The van der Waals surface area contributed by atoms with Crippen LogP contribution in [0.5, 0.6) is 0 Å². The van der Waals surface area contributed by atoms with Gasteiger partial charge in [0, 0.05) is 13.1 Å². The second kappa shape index (κ2) is 9.34. The zero-order chi connectivity index (χ0) is 22.6. The summed E-state index contributed by atoms with van der Waals surface area (Å²) in [5.74, 6) is -1.25. The number of alkyl halides is 3. The number of pyridine rings is 1. The topological polar surface area (TPSA) is 80.8 Å². The van der Waals surface area contributed by atoms with E-state index < -0.39 is 23.6 Å². The number of ether oxygens (including phenoxy) is 2. The minimum Gasteiger partial charge on any atom is -0.462 e. The SMILES string of the molecule is CCOC(=O)c1ccc(C(=O)Nc2cc(C(F)(F)F)ccc2N2CCOCC2)nc1C. The van der Waals surface area contributed by atoms with Gasteiger partial charge in [0.2, 0.25) is 0 Å². The highest BCUT2D eigenvalue weighted by molar-refractivity contribution is 6.05. The molecular formula is C21H22F3N3O4. The predicted molar refractivity (Wildman–Crippen MR) is 107 cm³/mol. The van der Waals surface area contributed by atoms with E-state index in [2.05, 4.69) is 10.3 Å². The van der Waals surface area contributed by atoms with E-state index >= 15 is 0 Å². The van der Waals surface area contributed by atoms with Gasteiger partial charge in [0.25, 0.3) is 5.91 Å². The molecule has 166 valence electrons. The average molecular weight is 437 g/mol. The Bertz CT molecular complexity index is 973. The molecule has 3 rings (SSSR count). The molecule has 10 heteroatoms. The molecule has 1 aromatic carbocycles. The second-order valence-electron chi connectivity index (χ2n) is 6.83. The van der Waals surface area contributed by atoms with Crippen LogP contribution in [0, 0.1) is 6.92 Å². The lowest BCUT2D eigenvalue weighted by Crippen LogP contribution is -2.37. The molecule has 0 atom stereocenters. The Morgan fingerprint density at radius 2 is 1.90 bits per heavy atom. The van der Waals surface area contributed by atoms with Gasteiger partial charge in [-0.2, -0.15) is 13.2 Å². The van der Waals surface area contributed by atoms with Crippen molar-refractivity contribution in [2.24, 2.45) is 0 Å². The Balaban J connectivity index is 1.90. The molecule has 1 aliphatic rings. The molecule has 1 saturated heterocycles. The minimum absolute atomic E-state index is 0.0237. The van der Waals surface area contributed by atoms with Crippen LogP contribution in [0.25, 0.3) is 0 Å². The van der Waals surface area contributed by atoms with Gasteiger partial charge in [0.15, 0.2) is 0 Å². The van der Waals surface area contributed by atoms with Gasteiger partial charge in [-0.3, -0.25) is 4.79 Å². The monoisotopic (exact) mass is 437 g/mol. The minimum atomic E-state index is -4.56. The zero-order valence-electron chi connectivity index (χ0n) is 17.1. The van der Waals surface area contributed by atoms with Gasteiger partial charge in [-0.15, -0.1) is 0 Å². The number of carbonyl (C=O) groups excluding carboxylic acids is 2. The Labute approximate surface area is 177 Å². The van der Waals surface area contributed by atoms with Crippen LogP contribution in [-0.2, 0) is 15.7 Å². The first-order valence-electron chi connectivity index (χ1n) is 9.70. The summed E-state index contributed by atoms with van der Waals surface area (Å²) in [6.07, 6.45) is -4.56. The van der Waals surface area contributed by atoms with Crippen molar-refractivity contribution in [2.75, 3.05) is 43.1 Å². The number of carbonyl (C=O) groups is 2. The van der Waals surface area contributed by atoms with Crippen molar-refractivity contribution >= 4 is 23.3 Å². The van der Waals surface area contributed by atoms with E-state index in [1.54, 1.807) is 13.8 Å². The molecule has 0 spiro atoms. The maximum atomic E-state index is 13.2. The van der Waals surface area contributed by atoms with Crippen LogP contribution < -0.4 is 10.2 Å². The van der Waals surface area contributed by atoms with E-state index in [1.807, 2.05) is 4.90 Å². The standard InChI is InChI=1S/C21H22F3N3O4/c1-3-31-20(29)15-5-6-16(25-13(15)2)19(28)26-17-12-14(21(22,23)24)4-7-18(17)27-8-10-30-11-9-27/h4-7,12H,3,8-11H2,1-2H3,(H,26,28). The number of morpholine rings is 1. The largest absolute Gasteiger partial charge is 0.462 e. The number of amides is 1. The van der Waals surface area contributed by atoms with Gasteiger partial charge in [0.05, 0.1) is 48.0 Å². The third-order valence-electron chi connectivity index (χ3n) is 4.74. The fraction of sp³-hybridized carbons (Fsp3) is 0.381. The highest BCUT2D eigenvalue weighted by atomic mass is 19.4. The van der Waals surface area contributed by atoms with Crippen LogP contribution in [0.3, 0.4) is 0 Å². The van der Waals surface area contributed by atoms with Crippen molar-refractivity contribution in [1.82, 2.24) is 4.98 Å². The zero-order valence-corrected chi connectivity index (χ0v) is 17.1. The van der Waals surface area contributed by atoms with E-state index in [9.17, 15) is 22.8 Å². The number of benzene rings is 1. The van der Waals surface area contributed by atoms with Crippen molar-refractivity contribution in [3.8, 4) is 0 Å². The molecule has 0 saturated carbocycles. The van der Waals surface area contributed by atoms with Crippen molar-refractivity contribution in [3.05, 3.63) is 52.8 Å². The Hall–Kier alpha value is -3.14. The van der Waals surface area contributed by atoms with Crippen molar-refractivity contribution < 1.29 is 32.2 Å². The van der Waals surface area contributed by atoms with Crippen LogP contribution in [0.4, 0.5) is 24.5 Å². The average Bonchev–Trinajstić information content (AvgIpc) is 2.73. The highest BCUT2D eigenvalue weighted by Crippen LogP contribution is 2.36. The van der Waals surface area contributed by atoms with E-state index in [0.717, 1.165) is 12.1 Å². The first kappa shape index (κ1) is 22.5. The van der Waals surface area contributed by atoms with Gasteiger partial charge in [-0.25, -0.2) is 9.78 Å². The molecule has 1 aliphatic heterocycles. The molecule has 1 N–H and O–H groups in total. The van der Waals surface area contributed by atoms with Gasteiger partial charge in [-0.05, 0) is 44.2 Å². The van der Waals surface area contributed by atoms with Gasteiger partial charge in [-0.1, -0.05) is 0 Å². The summed E-state index contributed by atoms with van der Waals surface area (Å²) in [6.45, 7) is 5.26. The molecule has 7 nitrogen and oxygen atoms in total. The molecule has 2 aromatic rings. The van der Waals surface area contributed by atoms with E-state index in [4.69, 9.17) is 9.47 Å². The molecule has 0 aliphatic carbocycles. The summed E-state index contributed by atoms with van der Waals surface area (Å²) in [5, 5.41) is 2.54. The first-order valence-corrected chi connectivity index (χ1v) is 9.70. The molecule has 31 heavy (non-hydrogen) atoms. The lowest BCUT2D eigenvalue weighted by Gasteiger charge is -2.31. The van der Waals surface area contributed by atoms with Crippen LogP contribution in [0.1, 0.15) is 39.0 Å². The normalized spacial score (nSPS) is 14.3. The van der Waals surface area contributed by atoms with Crippen molar-refractivity contribution in [3.63, 3.8) is 0 Å². The molecule has 0 unspecified atom stereocenters. The fourth-order valence-electron chi connectivity index (χ4n) is 3.19. The molecular weight excluding hydrogens is 415 g/mol. The van der Waals surface area contributed by atoms with Crippen LogP contribution >= 0.6 is 0 Å². The van der Waals surface area contributed by atoms with Crippen molar-refractivity contribution in [1.29, 1.82) is 0 Å². The van der Waals surface area contributed by atoms with E-state index in [-0.39, 0.29) is 29.2 Å². The van der Waals surface area contributed by atoms with E-state index in [0.29, 0.717) is 32.0 Å². The van der Waals surface area contributed by atoms with Gasteiger partial charge >= 0.3 is 12.1 Å². The molecule has 0 bridgehead atoms. The summed E-state index contributed by atoms with van der Waals surface area (Å²) in [4.78, 5) is 30.6. The van der Waals surface area contributed by atoms with Crippen LogP contribution in [0.15, 0.2) is 30.3 Å². The smallest absolute Gasteiger partial charge is 0.416 e. The first-order chi connectivity index (χ1) is 14.7. The molecule has 0 radical (unpaired) electrons. The molecule has 1 aromatic heterocycles. The number of aromatic nitrogens is 1. The third-order valence-corrected chi connectivity index (χ3v) is 4.74. The number of nitrogens with zero attached hydrogens (tertiary/aromatic N) is 2. The van der Waals surface area contributed by atoms with E-state index in [1.165, 1.54) is 18.2 Å². The highest BCUT2D eigenvalue weighted by Gasteiger charge is 2.32. The number of aryl methyl sites for hydroxylation is 1. The molecule has 2 heterocycles. The quantitative estimate of drug-likeness (QED) is 0.719. The summed E-state index contributed by atoms with van der Waals surface area (Å²) in [6, 6.07) is 5.96. The van der Waals surface area contributed by atoms with Crippen molar-refractivity contribution in [2.45, 2.75) is 20.0 Å². The fourth-order valence-corrected chi connectivity index (χ4v) is 3.19. The maximum Gasteiger partial charge on any atom is 0.416 e. The van der Waals surface area contributed by atoms with Crippen LogP contribution in [0.2, 0.25) is 0 Å². The number of hydrogen-bond acceptors (Lipinski definition) is 6. The Morgan fingerprint density at radius 3 is 2.52 bits per heavy atom. The number of halogens is 3. The van der Waals surface area contributed by atoms with Gasteiger partial charge < -0.3 is 19.7 Å². The summed E-state index contributed by atoms with van der Waals surface area (Å²) in [7, 11) is 0. The lowest BCUT2D eigenvalue weighted by molar-refractivity contribution is -0.137. The predicted octanol–water partition coefficient (Wildman–Crippen LogP) is 3.67. The number of anilines is 2. The Kier molecular flexibility index (Phi) is 6.79. The molecule has 1 fully saturated rings. The number of esters is 1. The number of nitrogens with one attached hydrogen (secondary N) is 1. The number of hydrogen-bond donors (Lipinski definition) is 1. The Morgan fingerprint density at radius 1 is 1.19 bits per heavy atom. The maximum absolute atomic E-state index is 13.2. The lowest BCUT2D eigenvalue weighted by atomic mass is 10.1. The number of rotatable bonds is 5. The summed E-state index contributed by atoms with van der Waals surface area (Å²) >= 11 is 0. The van der Waals surface area contributed by atoms with Gasteiger partial charge in [0.1, 0.15) is 5.69 Å². The summed E-state index contributed by atoms with van der Waals surface area (Å²) < 4.78 is 49.9. The molecule has 1 amide bonds. The van der Waals surface area contributed by atoms with Crippen LogP contribution in [-0.4, -0.2) is 49.8 Å². The second-order valence-corrected chi connectivity index (χ2v) is 6.83.